The minimum Gasteiger partial charge on any atom is -0.369 e. The van der Waals surface area contributed by atoms with Crippen LogP contribution >= 0.6 is 0 Å². The summed E-state index contributed by atoms with van der Waals surface area (Å²) in [5.41, 5.74) is 6.71. The number of benzene rings is 1. The van der Waals surface area contributed by atoms with Gasteiger partial charge in [0.1, 0.15) is 0 Å². The second kappa shape index (κ2) is 5.32. The number of nitrogens with two attached hydrogens (primary N) is 1. The summed E-state index contributed by atoms with van der Waals surface area (Å²) in [5.74, 6) is -0.134. The number of nitrogens with zero attached hydrogens (tertiary/aromatic N) is 1. The third kappa shape index (κ3) is 2.86. The van der Waals surface area contributed by atoms with Gasteiger partial charge in [-0.15, -0.1) is 0 Å². The van der Waals surface area contributed by atoms with Crippen molar-refractivity contribution in [3.63, 3.8) is 0 Å². The Morgan fingerprint density at radius 1 is 1.41 bits per heavy atom. The van der Waals surface area contributed by atoms with Crippen LogP contribution in [-0.4, -0.2) is 23.9 Å². The van der Waals surface area contributed by atoms with Gasteiger partial charge in [-0.25, -0.2) is 0 Å². The maximum Gasteiger partial charge on any atom is 0.221 e. The van der Waals surface area contributed by atoms with Crippen molar-refractivity contribution in [2.75, 3.05) is 13.1 Å². The fourth-order valence-electron chi connectivity index (χ4n) is 2.53. The molecule has 1 amide bonds. The first kappa shape index (κ1) is 12.1. The molecule has 0 saturated carbocycles. The summed E-state index contributed by atoms with van der Waals surface area (Å²) in [6.45, 7) is 4.05. The molecule has 1 aromatic carbocycles. The lowest BCUT2D eigenvalue weighted by atomic mass is 9.95. The Morgan fingerprint density at radius 2 is 2.12 bits per heavy atom. The van der Waals surface area contributed by atoms with Gasteiger partial charge < -0.3 is 5.73 Å². The van der Waals surface area contributed by atoms with Gasteiger partial charge >= 0.3 is 0 Å². The molecule has 2 N–H and O–H groups in total. The van der Waals surface area contributed by atoms with Gasteiger partial charge in [-0.05, 0) is 31.9 Å². The van der Waals surface area contributed by atoms with Gasteiger partial charge in [-0.1, -0.05) is 30.3 Å². The van der Waals surface area contributed by atoms with Gasteiger partial charge in [0.2, 0.25) is 5.91 Å². The highest BCUT2D eigenvalue weighted by atomic mass is 16.1. The molecule has 17 heavy (non-hydrogen) atoms. The van der Waals surface area contributed by atoms with E-state index in [4.69, 9.17) is 5.73 Å². The SMILES string of the molecule is CC(c1ccccc1)N1CCCC(C(N)=O)C1. The summed E-state index contributed by atoms with van der Waals surface area (Å²) >= 11 is 0. The zero-order valence-electron chi connectivity index (χ0n) is 10.3. The van der Waals surface area contributed by atoms with E-state index in [1.807, 2.05) is 6.07 Å². The number of likely N-dealkylation sites (tertiary alicyclic amines) is 1. The van der Waals surface area contributed by atoms with Crippen molar-refractivity contribution in [3.8, 4) is 0 Å². The van der Waals surface area contributed by atoms with Gasteiger partial charge in [0.05, 0.1) is 5.92 Å². The first-order chi connectivity index (χ1) is 8.18. The molecule has 2 atom stereocenters. The van der Waals surface area contributed by atoms with Crippen LogP contribution < -0.4 is 5.73 Å². The van der Waals surface area contributed by atoms with Crippen LogP contribution in [0, 0.1) is 5.92 Å². The molecule has 1 aliphatic rings. The maximum atomic E-state index is 11.3. The van der Waals surface area contributed by atoms with Gasteiger partial charge in [0.15, 0.2) is 0 Å². The van der Waals surface area contributed by atoms with Crippen LogP contribution in [-0.2, 0) is 4.79 Å². The quantitative estimate of drug-likeness (QED) is 0.865. The molecule has 2 rings (SSSR count). The Bertz CT molecular complexity index is 377. The average molecular weight is 232 g/mol. The zero-order valence-corrected chi connectivity index (χ0v) is 10.3. The monoisotopic (exact) mass is 232 g/mol. The van der Waals surface area contributed by atoms with Crippen LogP contribution in [0.4, 0.5) is 0 Å². The first-order valence-electron chi connectivity index (χ1n) is 6.27. The third-order valence-electron chi connectivity index (χ3n) is 3.68. The Balaban J connectivity index is 2.05. The van der Waals surface area contributed by atoms with Crippen LogP contribution in [0.1, 0.15) is 31.4 Å². The molecule has 3 nitrogen and oxygen atoms in total. The van der Waals surface area contributed by atoms with Crippen molar-refractivity contribution in [2.45, 2.75) is 25.8 Å². The van der Waals surface area contributed by atoms with E-state index >= 15 is 0 Å². The normalized spacial score (nSPS) is 23.2. The Hall–Kier alpha value is -1.35. The van der Waals surface area contributed by atoms with Crippen molar-refractivity contribution in [3.05, 3.63) is 35.9 Å². The number of rotatable bonds is 3. The smallest absolute Gasteiger partial charge is 0.221 e. The molecule has 0 bridgehead atoms. The first-order valence-corrected chi connectivity index (χ1v) is 6.27. The molecule has 0 aliphatic carbocycles. The summed E-state index contributed by atoms with van der Waals surface area (Å²) in [4.78, 5) is 13.6. The number of primary amides is 1. The molecule has 2 unspecified atom stereocenters. The van der Waals surface area contributed by atoms with Gasteiger partial charge in [-0.2, -0.15) is 0 Å². The Morgan fingerprint density at radius 3 is 2.76 bits per heavy atom. The molecular weight excluding hydrogens is 212 g/mol. The van der Waals surface area contributed by atoms with E-state index in [-0.39, 0.29) is 11.8 Å². The minimum absolute atomic E-state index is 0.0231. The number of piperidine rings is 1. The Labute approximate surface area is 103 Å². The predicted octanol–water partition coefficient (Wildman–Crippen LogP) is 1.94. The molecule has 1 aromatic rings. The molecular formula is C14H20N2O. The topological polar surface area (TPSA) is 46.3 Å². The van der Waals surface area contributed by atoms with Crippen LogP contribution in [0.3, 0.4) is 0 Å². The van der Waals surface area contributed by atoms with Crippen molar-refractivity contribution in [1.82, 2.24) is 4.90 Å². The summed E-state index contributed by atoms with van der Waals surface area (Å²) in [7, 11) is 0. The highest BCUT2D eigenvalue weighted by molar-refractivity contribution is 5.76. The van der Waals surface area contributed by atoms with E-state index in [1.165, 1.54) is 5.56 Å². The van der Waals surface area contributed by atoms with Gasteiger partial charge in [0.25, 0.3) is 0 Å². The van der Waals surface area contributed by atoms with Gasteiger partial charge in [-0.3, -0.25) is 9.69 Å². The Kier molecular flexibility index (Phi) is 3.79. The molecule has 0 spiro atoms. The number of amides is 1. The van der Waals surface area contributed by atoms with Crippen molar-refractivity contribution in [1.29, 1.82) is 0 Å². The van der Waals surface area contributed by atoms with Crippen LogP contribution in [0.25, 0.3) is 0 Å². The number of carbonyl (C=O) groups excluding carboxylic acids is 1. The van der Waals surface area contributed by atoms with Gasteiger partial charge in [0, 0.05) is 12.6 Å². The molecule has 3 heteroatoms. The summed E-state index contributed by atoms with van der Waals surface area (Å²) in [6, 6.07) is 10.8. The predicted molar refractivity (Wildman–Crippen MR) is 68.3 cm³/mol. The highest BCUT2D eigenvalue weighted by Gasteiger charge is 2.27. The van der Waals surface area contributed by atoms with E-state index in [1.54, 1.807) is 0 Å². The summed E-state index contributed by atoms with van der Waals surface area (Å²) in [6.07, 6.45) is 2.00. The number of hydrogen-bond acceptors (Lipinski definition) is 2. The largest absolute Gasteiger partial charge is 0.369 e. The van der Waals surface area contributed by atoms with Crippen molar-refractivity contribution < 1.29 is 4.79 Å². The lowest BCUT2D eigenvalue weighted by Gasteiger charge is -2.35. The van der Waals surface area contributed by atoms with E-state index < -0.39 is 0 Å². The average Bonchev–Trinajstić information content (AvgIpc) is 2.39. The van der Waals surface area contributed by atoms with Crippen molar-refractivity contribution >= 4 is 5.91 Å². The van der Waals surface area contributed by atoms with E-state index in [9.17, 15) is 4.79 Å². The van der Waals surface area contributed by atoms with Crippen LogP contribution in [0.15, 0.2) is 30.3 Å². The molecule has 0 aromatic heterocycles. The number of hydrogen-bond donors (Lipinski definition) is 1. The fraction of sp³-hybridized carbons (Fsp3) is 0.500. The molecule has 1 heterocycles. The van der Waals surface area contributed by atoms with Crippen molar-refractivity contribution in [2.24, 2.45) is 11.7 Å². The second-order valence-corrected chi connectivity index (χ2v) is 4.82. The molecule has 1 fully saturated rings. The summed E-state index contributed by atoms with van der Waals surface area (Å²) in [5, 5.41) is 0. The van der Waals surface area contributed by atoms with E-state index in [2.05, 4.69) is 36.1 Å². The molecule has 92 valence electrons. The van der Waals surface area contributed by atoms with Crippen LogP contribution in [0.2, 0.25) is 0 Å². The zero-order chi connectivity index (χ0) is 12.3. The van der Waals surface area contributed by atoms with E-state index in [0.29, 0.717) is 6.04 Å². The maximum absolute atomic E-state index is 11.3. The molecule has 1 saturated heterocycles. The minimum atomic E-state index is -0.157. The third-order valence-corrected chi connectivity index (χ3v) is 3.68. The molecule has 0 radical (unpaired) electrons. The van der Waals surface area contributed by atoms with Crippen LogP contribution in [0.5, 0.6) is 0 Å². The summed E-state index contributed by atoms with van der Waals surface area (Å²) < 4.78 is 0. The highest BCUT2D eigenvalue weighted by Crippen LogP contribution is 2.26. The standard InChI is InChI=1S/C14H20N2O/c1-11(12-6-3-2-4-7-12)16-9-5-8-13(10-16)14(15)17/h2-4,6-7,11,13H,5,8-10H2,1H3,(H2,15,17). The fourth-order valence-corrected chi connectivity index (χ4v) is 2.53. The van der Waals surface area contributed by atoms with E-state index in [0.717, 1.165) is 25.9 Å². The lowest BCUT2D eigenvalue weighted by Crippen LogP contribution is -2.42. The number of carbonyl (C=O) groups is 1. The lowest BCUT2D eigenvalue weighted by molar-refractivity contribution is -0.123. The molecule has 1 aliphatic heterocycles. The second-order valence-electron chi connectivity index (χ2n) is 4.82.